The van der Waals surface area contributed by atoms with E-state index in [1.165, 1.54) is 0 Å². The van der Waals surface area contributed by atoms with E-state index >= 15 is 0 Å². The third-order valence-electron chi connectivity index (χ3n) is 14.6. The SMILES string of the molecule is CC[C@H](OCc1ccc(OC)cc1)[C@H](C)[C@H](O[Si](C)(C)C(C)(C)C)[C@H](C)[C@H](O)[C@@H](C)C(=O)[C@H](C)[C@H](O[Si](CC)(CC)CC)[C@H](C)[C@H](O[Si](C)(C)C(C)(C)C)C(C)C. The summed E-state index contributed by atoms with van der Waals surface area (Å²) in [5.41, 5.74) is 1.08. The summed E-state index contributed by atoms with van der Waals surface area (Å²) in [5.74, 6) is -0.300. The van der Waals surface area contributed by atoms with E-state index in [0.717, 1.165) is 35.9 Å². The van der Waals surface area contributed by atoms with E-state index in [4.69, 9.17) is 22.8 Å². The first kappa shape index (κ1) is 54.2. The molecule has 0 fully saturated rings. The zero-order valence-electron chi connectivity index (χ0n) is 41.1. The lowest BCUT2D eigenvalue weighted by atomic mass is 9.76. The molecule has 0 unspecified atom stereocenters. The first-order valence-corrected chi connectivity index (χ1v) is 30.9. The van der Waals surface area contributed by atoms with Gasteiger partial charge < -0.3 is 27.9 Å². The van der Waals surface area contributed by atoms with E-state index in [1.807, 2.05) is 38.1 Å². The third-order valence-corrected chi connectivity index (χ3v) is 28.2. The Morgan fingerprint density at radius 3 is 1.49 bits per heavy atom. The monoisotopic (exact) mass is 853 g/mol. The van der Waals surface area contributed by atoms with Crippen LogP contribution in [0.15, 0.2) is 24.3 Å². The number of Topliss-reactive ketones (excluding diaryl/α,β-unsaturated/α-hetero) is 1. The van der Waals surface area contributed by atoms with Crippen LogP contribution in [0, 0.1) is 35.5 Å². The van der Waals surface area contributed by atoms with Gasteiger partial charge in [-0.25, -0.2) is 0 Å². The fourth-order valence-electron chi connectivity index (χ4n) is 7.89. The van der Waals surface area contributed by atoms with Crippen molar-refractivity contribution in [3.05, 3.63) is 29.8 Å². The molecular formula is C47H92O7Si3. The van der Waals surface area contributed by atoms with E-state index in [-0.39, 0.29) is 63.9 Å². The second-order valence-corrected chi connectivity index (χ2v) is 35.1. The van der Waals surface area contributed by atoms with Gasteiger partial charge in [0.2, 0.25) is 0 Å². The first-order chi connectivity index (χ1) is 26.0. The summed E-state index contributed by atoms with van der Waals surface area (Å²) in [4.78, 5) is 14.9. The zero-order chi connectivity index (χ0) is 44.5. The number of methoxy groups -OCH3 is 1. The molecule has 1 aromatic carbocycles. The number of carbonyl (C=O) groups excluding carboxylic acids is 1. The quantitative estimate of drug-likeness (QED) is 0.0981. The van der Waals surface area contributed by atoms with Crippen molar-refractivity contribution < 1.29 is 32.7 Å². The predicted octanol–water partition coefficient (Wildman–Crippen LogP) is 12.9. The van der Waals surface area contributed by atoms with Gasteiger partial charge in [-0.3, -0.25) is 4.79 Å². The van der Waals surface area contributed by atoms with E-state index in [9.17, 15) is 9.90 Å². The van der Waals surface area contributed by atoms with Gasteiger partial charge in [-0.05, 0) is 84.4 Å². The largest absolute Gasteiger partial charge is 0.497 e. The second kappa shape index (κ2) is 22.3. The molecule has 0 aliphatic rings. The molecule has 1 N–H and O–H groups in total. The number of aliphatic hydroxyl groups excluding tert-OH is 1. The molecule has 0 heterocycles. The van der Waals surface area contributed by atoms with Crippen LogP contribution in [0.4, 0.5) is 0 Å². The van der Waals surface area contributed by atoms with Crippen molar-refractivity contribution >= 4 is 30.7 Å². The van der Waals surface area contributed by atoms with E-state index in [1.54, 1.807) is 7.11 Å². The molecule has 0 saturated carbocycles. The molecule has 0 amide bonds. The van der Waals surface area contributed by atoms with Crippen LogP contribution in [0.2, 0.25) is 54.4 Å². The second-order valence-electron chi connectivity index (χ2n) is 20.9. The minimum absolute atomic E-state index is 0.0146. The van der Waals surface area contributed by atoms with Crippen molar-refractivity contribution in [1.29, 1.82) is 0 Å². The number of hydrogen-bond donors (Lipinski definition) is 1. The maximum absolute atomic E-state index is 14.9. The minimum atomic E-state index is -2.30. The number of rotatable bonds is 25. The lowest BCUT2D eigenvalue weighted by molar-refractivity contribution is -0.138. The average molecular weight is 854 g/mol. The van der Waals surface area contributed by atoms with Crippen LogP contribution in [0.25, 0.3) is 0 Å². The average Bonchev–Trinajstić information content (AvgIpc) is 3.14. The summed E-state index contributed by atoms with van der Waals surface area (Å²) in [7, 11) is -4.90. The van der Waals surface area contributed by atoms with Gasteiger partial charge in [0.25, 0.3) is 0 Å². The Morgan fingerprint density at radius 1 is 0.649 bits per heavy atom. The van der Waals surface area contributed by atoms with Gasteiger partial charge in [0.1, 0.15) is 11.5 Å². The van der Waals surface area contributed by atoms with E-state index in [0.29, 0.717) is 6.61 Å². The van der Waals surface area contributed by atoms with Crippen LogP contribution in [0.5, 0.6) is 5.75 Å². The summed E-state index contributed by atoms with van der Waals surface area (Å²) in [6.45, 7) is 47.1. The Bertz CT molecular complexity index is 1310. The highest BCUT2D eigenvalue weighted by molar-refractivity contribution is 6.74. The summed E-state index contributed by atoms with van der Waals surface area (Å²) >= 11 is 0. The van der Waals surface area contributed by atoms with Gasteiger partial charge >= 0.3 is 0 Å². The zero-order valence-corrected chi connectivity index (χ0v) is 44.1. The summed E-state index contributed by atoms with van der Waals surface area (Å²) in [6, 6.07) is 11.0. The van der Waals surface area contributed by atoms with Gasteiger partial charge in [-0.1, -0.05) is 130 Å². The predicted molar refractivity (Wildman–Crippen MR) is 250 cm³/mol. The van der Waals surface area contributed by atoms with Gasteiger partial charge in [-0.15, -0.1) is 0 Å². The van der Waals surface area contributed by atoms with Crippen molar-refractivity contribution in [3.63, 3.8) is 0 Å². The van der Waals surface area contributed by atoms with Crippen molar-refractivity contribution in [1.82, 2.24) is 0 Å². The van der Waals surface area contributed by atoms with Crippen LogP contribution in [0.1, 0.15) is 130 Å². The number of hydrogen-bond acceptors (Lipinski definition) is 7. The normalized spacial score (nSPS) is 18.9. The first-order valence-electron chi connectivity index (χ1n) is 22.5. The smallest absolute Gasteiger partial charge is 0.192 e. The van der Waals surface area contributed by atoms with Crippen molar-refractivity contribution in [2.24, 2.45) is 35.5 Å². The molecule has 0 aliphatic carbocycles. The van der Waals surface area contributed by atoms with Crippen LogP contribution >= 0.6 is 0 Å². The van der Waals surface area contributed by atoms with Crippen LogP contribution in [-0.2, 0) is 29.4 Å². The van der Waals surface area contributed by atoms with Gasteiger partial charge in [0.05, 0.1) is 44.2 Å². The Morgan fingerprint density at radius 2 is 1.11 bits per heavy atom. The van der Waals surface area contributed by atoms with Gasteiger partial charge in [0, 0.05) is 29.6 Å². The highest BCUT2D eigenvalue weighted by atomic mass is 28.4. The maximum atomic E-state index is 14.9. The van der Waals surface area contributed by atoms with Crippen molar-refractivity contribution in [2.45, 2.75) is 216 Å². The molecule has 1 rings (SSSR count). The molecule has 10 atom stereocenters. The Kier molecular flexibility index (Phi) is 21.2. The molecule has 0 saturated heterocycles. The fraction of sp³-hybridized carbons (Fsp3) is 0.851. The summed E-state index contributed by atoms with van der Waals surface area (Å²) < 4.78 is 33.9. The Labute approximate surface area is 355 Å². The number of carbonyl (C=O) groups is 1. The molecule has 334 valence electrons. The van der Waals surface area contributed by atoms with E-state index in [2.05, 4.69) is 130 Å². The van der Waals surface area contributed by atoms with E-state index < -0.39 is 42.9 Å². The number of aliphatic hydroxyl groups is 1. The molecule has 0 bridgehead atoms. The number of ketones is 1. The molecule has 0 aliphatic heterocycles. The van der Waals surface area contributed by atoms with Crippen LogP contribution < -0.4 is 4.74 Å². The standard InChI is InChI=1S/C47H92O7Si3/c1-23-40(51-31-38-27-29-39(50-18)30-28-38)33(7)44(53-56(21,22)47(15,16)17)35(9)41(48)34(8)42(49)36(10)45(54-57(24-2,25-3)26-4)37(11)43(32(5)6)52-55(19,20)46(12,13)14/h27-30,32-37,40-41,43-45,48H,23-26,31H2,1-22H3/t33-,34+,35+,36-,37+,40-,41+,43+,44-,45-/m0/s1. The Balaban J connectivity index is 3.64. The summed E-state index contributed by atoms with van der Waals surface area (Å²) in [5, 5.41) is 12.4. The highest BCUT2D eigenvalue weighted by Crippen LogP contribution is 2.43. The molecule has 0 spiro atoms. The van der Waals surface area contributed by atoms with Crippen LogP contribution in [0.3, 0.4) is 0 Å². The lowest BCUT2D eigenvalue weighted by Crippen LogP contribution is -2.54. The third kappa shape index (κ3) is 14.4. The number of ether oxygens (including phenoxy) is 2. The minimum Gasteiger partial charge on any atom is -0.497 e. The van der Waals surface area contributed by atoms with Gasteiger partial charge in [0.15, 0.2) is 25.0 Å². The Hall–Kier alpha value is -0.859. The molecule has 0 radical (unpaired) electrons. The van der Waals surface area contributed by atoms with Crippen molar-refractivity contribution in [2.75, 3.05) is 7.11 Å². The fourth-order valence-corrected chi connectivity index (χ4v) is 13.9. The van der Waals surface area contributed by atoms with Crippen molar-refractivity contribution in [3.8, 4) is 5.75 Å². The molecule has 7 nitrogen and oxygen atoms in total. The summed E-state index contributed by atoms with van der Waals surface area (Å²) in [6.07, 6.45) is -0.922. The van der Waals surface area contributed by atoms with Crippen LogP contribution in [-0.4, -0.2) is 73.5 Å². The molecule has 1 aromatic rings. The molecule has 57 heavy (non-hydrogen) atoms. The maximum Gasteiger partial charge on any atom is 0.192 e. The lowest BCUT2D eigenvalue weighted by Gasteiger charge is -2.47. The molecular weight excluding hydrogens is 761 g/mol. The highest BCUT2D eigenvalue weighted by Gasteiger charge is 2.48. The van der Waals surface area contributed by atoms with Gasteiger partial charge in [-0.2, -0.15) is 0 Å². The topological polar surface area (TPSA) is 83.5 Å². The molecule has 10 heteroatoms. The number of benzene rings is 1. The molecule has 0 aromatic heterocycles.